The molecule has 0 aliphatic rings. The Morgan fingerprint density at radius 3 is 2.57 bits per heavy atom. The number of halogens is 1. The van der Waals surface area contributed by atoms with Crippen molar-refractivity contribution in [3.8, 4) is 5.75 Å². The largest absolute Gasteiger partial charge is 0.483 e. The van der Waals surface area contributed by atoms with Crippen LogP contribution in [0.2, 0.25) is 5.02 Å². The Hall–Kier alpha value is -1.80. The van der Waals surface area contributed by atoms with Gasteiger partial charge in [0.1, 0.15) is 5.75 Å². The molecule has 21 heavy (non-hydrogen) atoms. The van der Waals surface area contributed by atoms with E-state index in [9.17, 15) is 4.79 Å². The van der Waals surface area contributed by atoms with Gasteiger partial charge >= 0.3 is 0 Å². The molecule has 2 aromatic carbocycles. The molecular weight excluding hydrogens is 284 g/mol. The minimum atomic E-state index is -0.495. The monoisotopic (exact) mass is 302 g/mol. The number of rotatable bonds is 5. The third kappa shape index (κ3) is 4.33. The van der Waals surface area contributed by atoms with Crippen LogP contribution in [0.4, 0.5) is 0 Å². The number of carbonyl (C=O) groups excluding carboxylic acids is 1. The van der Waals surface area contributed by atoms with Crippen LogP contribution in [0.15, 0.2) is 42.5 Å². The number of benzene rings is 2. The summed E-state index contributed by atoms with van der Waals surface area (Å²) >= 11 is 5.90. The van der Waals surface area contributed by atoms with Crippen molar-refractivity contribution in [1.29, 1.82) is 0 Å². The second-order valence-corrected chi connectivity index (χ2v) is 5.72. The second-order valence-electron chi connectivity index (χ2n) is 5.28. The Kier molecular flexibility index (Phi) is 5.03. The molecule has 0 N–H and O–H groups in total. The van der Waals surface area contributed by atoms with Crippen LogP contribution in [0, 0.1) is 13.8 Å². The Morgan fingerprint density at radius 1 is 1.14 bits per heavy atom. The first-order valence-electron chi connectivity index (χ1n) is 6.97. The minimum Gasteiger partial charge on any atom is -0.483 e. The van der Waals surface area contributed by atoms with E-state index in [1.807, 2.05) is 12.1 Å². The van der Waals surface area contributed by atoms with Crippen molar-refractivity contribution >= 4 is 17.4 Å². The molecule has 2 aromatic rings. The molecule has 0 aliphatic carbocycles. The van der Waals surface area contributed by atoms with Crippen LogP contribution in [0.25, 0.3) is 0 Å². The third-order valence-corrected chi connectivity index (χ3v) is 3.75. The number of ketones is 1. The highest BCUT2D eigenvalue weighted by Gasteiger charge is 2.15. The molecular formula is C18H19ClO2. The molecule has 0 radical (unpaired) electrons. The Labute approximate surface area is 130 Å². The summed E-state index contributed by atoms with van der Waals surface area (Å²) in [7, 11) is 0. The fourth-order valence-electron chi connectivity index (χ4n) is 2.07. The zero-order valence-corrected chi connectivity index (χ0v) is 13.3. The van der Waals surface area contributed by atoms with Crippen LogP contribution in [-0.2, 0) is 11.2 Å². The van der Waals surface area contributed by atoms with E-state index in [0.29, 0.717) is 17.2 Å². The van der Waals surface area contributed by atoms with Gasteiger partial charge in [-0.05, 0) is 55.7 Å². The summed E-state index contributed by atoms with van der Waals surface area (Å²) in [5.74, 6) is 0.668. The van der Waals surface area contributed by atoms with Gasteiger partial charge in [0, 0.05) is 11.4 Å². The fourth-order valence-corrected chi connectivity index (χ4v) is 2.25. The Bertz CT molecular complexity index is 649. The van der Waals surface area contributed by atoms with Gasteiger partial charge in [-0.3, -0.25) is 4.79 Å². The summed E-state index contributed by atoms with van der Waals surface area (Å²) in [5, 5.41) is 0.598. The fraction of sp³-hybridized carbons (Fsp3) is 0.278. The molecule has 2 rings (SSSR count). The SMILES string of the molecule is Cc1ccc(CC(=O)C(C)Oc2cccc(Cl)c2)cc1C. The Morgan fingerprint density at radius 2 is 1.90 bits per heavy atom. The highest BCUT2D eigenvalue weighted by Crippen LogP contribution is 2.19. The summed E-state index contributed by atoms with van der Waals surface area (Å²) in [4.78, 5) is 12.2. The van der Waals surface area contributed by atoms with E-state index < -0.39 is 6.10 Å². The third-order valence-electron chi connectivity index (χ3n) is 3.51. The van der Waals surface area contributed by atoms with E-state index in [-0.39, 0.29) is 5.78 Å². The zero-order valence-electron chi connectivity index (χ0n) is 12.5. The van der Waals surface area contributed by atoms with Crippen LogP contribution >= 0.6 is 11.6 Å². The Balaban J connectivity index is 2.00. The first-order chi connectivity index (χ1) is 9.95. The first-order valence-corrected chi connectivity index (χ1v) is 7.34. The van der Waals surface area contributed by atoms with Crippen LogP contribution in [0.1, 0.15) is 23.6 Å². The molecule has 0 aliphatic heterocycles. The number of ether oxygens (including phenoxy) is 1. The topological polar surface area (TPSA) is 26.3 Å². The van der Waals surface area contributed by atoms with Gasteiger partial charge in [0.15, 0.2) is 11.9 Å². The maximum Gasteiger partial charge on any atom is 0.177 e. The van der Waals surface area contributed by atoms with Gasteiger partial charge in [0.05, 0.1) is 0 Å². The van der Waals surface area contributed by atoms with Gasteiger partial charge in [-0.2, -0.15) is 0 Å². The van der Waals surface area contributed by atoms with E-state index in [1.165, 1.54) is 11.1 Å². The molecule has 2 nitrogen and oxygen atoms in total. The van der Waals surface area contributed by atoms with E-state index in [4.69, 9.17) is 16.3 Å². The molecule has 0 spiro atoms. The number of hydrogen-bond acceptors (Lipinski definition) is 2. The minimum absolute atomic E-state index is 0.0539. The molecule has 3 heteroatoms. The van der Waals surface area contributed by atoms with Crippen molar-refractivity contribution in [2.24, 2.45) is 0 Å². The van der Waals surface area contributed by atoms with Crippen LogP contribution < -0.4 is 4.74 Å². The predicted octanol–water partition coefficient (Wildman–Crippen LogP) is 4.54. The zero-order chi connectivity index (χ0) is 15.4. The summed E-state index contributed by atoms with van der Waals surface area (Å²) < 4.78 is 5.65. The van der Waals surface area contributed by atoms with Gasteiger partial charge in [0.25, 0.3) is 0 Å². The number of hydrogen-bond donors (Lipinski definition) is 0. The summed E-state index contributed by atoms with van der Waals surface area (Å²) in [6.07, 6.45) is -0.117. The maximum absolute atomic E-state index is 12.2. The lowest BCUT2D eigenvalue weighted by Crippen LogP contribution is -2.25. The number of aryl methyl sites for hydroxylation is 2. The average Bonchev–Trinajstić information content (AvgIpc) is 2.43. The highest BCUT2D eigenvalue weighted by molar-refractivity contribution is 6.30. The lowest BCUT2D eigenvalue weighted by Gasteiger charge is -2.14. The molecule has 0 heterocycles. The van der Waals surface area contributed by atoms with Crippen molar-refractivity contribution in [2.45, 2.75) is 33.3 Å². The van der Waals surface area contributed by atoms with Crippen LogP contribution in [-0.4, -0.2) is 11.9 Å². The van der Waals surface area contributed by atoms with E-state index in [2.05, 4.69) is 19.9 Å². The van der Waals surface area contributed by atoms with Gasteiger partial charge in [-0.1, -0.05) is 35.9 Å². The molecule has 110 valence electrons. The number of carbonyl (C=O) groups is 1. The van der Waals surface area contributed by atoms with Crippen LogP contribution in [0.5, 0.6) is 5.75 Å². The molecule has 1 atom stereocenters. The molecule has 0 amide bonds. The standard InChI is InChI=1S/C18H19ClO2/c1-12-7-8-15(9-13(12)2)10-18(20)14(3)21-17-6-4-5-16(19)11-17/h4-9,11,14H,10H2,1-3H3. The summed E-state index contributed by atoms with van der Waals surface area (Å²) in [6.45, 7) is 5.88. The van der Waals surface area contributed by atoms with E-state index >= 15 is 0 Å². The van der Waals surface area contributed by atoms with Crippen molar-refractivity contribution in [3.05, 3.63) is 64.2 Å². The predicted molar refractivity (Wildman–Crippen MR) is 86.2 cm³/mol. The smallest absolute Gasteiger partial charge is 0.177 e. The van der Waals surface area contributed by atoms with E-state index in [1.54, 1.807) is 31.2 Å². The quantitative estimate of drug-likeness (QED) is 0.811. The number of Topliss-reactive ketones (excluding diaryl/α,β-unsaturated/α-hetero) is 1. The molecule has 1 unspecified atom stereocenters. The lowest BCUT2D eigenvalue weighted by atomic mass is 10.0. The second kappa shape index (κ2) is 6.77. The van der Waals surface area contributed by atoms with Crippen molar-refractivity contribution in [3.63, 3.8) is 0 Å². The van der Waals surface area contributed by atoms with Crippen LogP contribution in [0.3, 0.4) is 0 Å². The van der Waals surface area contributed by atoms with Gasteiger partial charge in [-0.25, -0.2) is 0 Å². The van der Waals surface area contributed by atoms with Gasteiger partial charge in [0.2, 0.25) is 0 Å². The molecule has 0 saturated carbocycles. The molecule has 0 saturated heterocycles. The molecule has 0 bridgehead atoms. The average molecular weight is 303 g/mol. The maximum atomic E-state index is 12.2. The van der Waals surface area contributed by atoms with Crippen molar-refractivity contribution in [1.82, 2.24) is 0 Å². The molecule has 0 fully saturated rings. The summed E-state index contributed by atoms with van der Waals surface area (Å²) in [6, 6.07) is 13.2. The molecule has 0 aromatic heterocycles. The van der Waals surface area contributed by atoms with Gasteiger partial charge < -0.3 is 4.74 Å². The van der Waals surface area contributed by atoms with Gasteiger partial charge in [-0.15, -0.1) is 0 Å². The lowest BCUT2D eigenvalue weighted by molar-refractivity contribution is -0.124. The van der Waals surface area contributed by atoms with Crippen molar-refractivity contribution in [2.75, 3.05) is 0 Å². The summed E-state index contributed by atoms with van der Waals surface area (Å²) in [5.41, 5.74) is 3.45. The van der Waals surface area contributed by atoms with Crippen molar-refractivity contribution < 1.29 is 9.53 Å². The first kappa shape index (κ1) is 15.6. The van der Waals surface area contributed by atoms with E-state index in [0.717, 1.165) is 5.56 Å². The highest BCUT2D eigenvalue weighted by atomic mass is 35.5. The normalized spacial score (nSPS) is 12.0.